The van der Waals surface area contributed by atoms with E-state index < -0.39 is 0 Å². The highest BCUT2D eigenvalue weighted by atomic mass is 127. The molecule has 0 bridgehead atoms. The van der Waals surface area contributed by atoms with Crippen LogP contribution in [0.3, 0.4) is 0 Å². The van der Waals surface area contributed by atoms with Crippen LogP contribution < -0.4 is 10.6 Å². The van der Waals surface area contributed by atoms with Gasteiger partial charge in [0.25, 0.3) is 5.91 Å². The average Bonchev–Trinajstić information content (AvgIpc) is 3.17. The zero-order valence-electron chi connectivity index (χ0n) is 18.8. The van der Waals surface area contributed by atoms with Crippen LogP contribution in [0.15, 0.2) is 29.3 Å². The lowest BCUT2D eigenvalue weighted by atomic mass is 10.1. The highest BCUT2D eigenvalue weighted by molar-refractivity contribution is 14.0. The van der Waals surface area contributed by atoms with Gasteiger partial charge in [-0.1, -0.05) is 12.1 Å². The van der Waals surface area contributed by atoms with Crippen molar-refractivity contribution in [3.63, 3.8) is 0 Å². The predicted octanol–water partition coefficient (Wildman–Crippen LogP) is 2.21. The fourth-order valence-electron chi connectivity index (χ4n) is 3.59. The molecule has 0 spiro atoms. The molecule has 1 aromatic rings. The summed E-state index contributed by atoms with van der Waals surface area (Å²) >= 11 is 0. The van der Waals surface area contributed by atoms with E-state index in [1.807, 2.05) is 18.2 Å². The molecule has 1 aliphatic rings. The summed E-state index contributed by atoms with van der Waals surface area (Å²) in [5.41, 5.74) is 1.87. The second-order valence-electron chi connectivity index (χ2n) is 7.62. The number of guanidine groups is 1. The molecule has 1 aromatic carbocycles. The lowest BCUT2D eigenvalue weighted by molar-refractivity contribution is 0.0827. The van der Waals surface area contributed by atoms with Crippen LogP contribution in [0.1, 0.15) is 35.7 Å². The molecule has 1 aliphatic heterocycles. The van der Waals surface area contributed by atoms with Gasteiger partial charge < -0.3 is 20.3 Å². The van der Waals surface area contributed by atoms with Crippen molar-refractivity contribution in [2.45, 2.75) is 32.2 Å². The maximum Gasteiger partial charge on any atom is 0.253 e. The average molecular weight is 531 g/mol. The van der Waals surface area contributed by atoms with Gasteiger partial charge in [0.1, 0.15) is 0 Å². The molecule has 170 valence electrons. The van der Waals surface area contributed by atoms with Gasteiger partial charge in [-0.25, -0.2) is 0 Å². The molecule has 0 radical (unpaired) electrons. The first-order valence-corrected chi connectivity index (χ1v) is 10.6. The van der Waals surface area contributed by atoms with Crippen LogP contribution in [0.4, 0.5) is 0 Å². The van der Waals surface area contributed by atoms with Crippen molar-refractivity contribution < 1.29 is 9.53 Å². The second kappa shape index (κ2) is 14.6. The Bertz CT molecular complexity index is 669. The Morgan fingerprint density at radius 3 is 2.83 bits per heavy atom. The van der Waals surface area contributed by atoms with E-state index in [9.17, 15) is 4.79 Å². The van der Waals surface area contributed by atoms with Gasteiger partial charge in [0.15, 0.2) is 5.96 Å². The minimum atomic E-state index is 0. The minimum Gasteiger partial charge on any atom is -0.383 e. The Morgan fingerprint density at radius 1 is 1.33 bits per heavy atom. The molecule has 1 atom stereocenters. The molecule has 0 saturated carbocycles. The summed E-state index contributed by atoms with van der Waals surface area (Å²) in [5, 5.41) is 6.75. The third kappa shape index (κ3) is 8.77. The number of likely N-dealkylation sites (tertiary alicyclic amines) is 1. The van der Waals surface area contributed by atoms with Crippen LogP contribution in [0.25, 0.3) is 0 Å². The van der Waals surface area contributed by atoms with Crippen molar-refractivity contribution in [1.29, 1.82) is 0 Å². The van der Waals surface area contributed by atoms with Gasteiger partial charge in [-0.3, -0.25) is 14.7 Å². The molecule has 1 fully saturated rings. The van der Waals surface area contributed by atoms with Crippen LogP contribution in [0.5, 0.6) is 0 Å². The van der Waals surface area contributed by atoms with E-state index in [-0.39, 0.29) is 29.9 Å². The summed E-state index contributed by atoms with van der Waals surface area (Å²) in [6.07, 6.45) is 3.26. The maximum absolute atomic E-state index is 12.1. The molecule has 0 aliphatic carbocycles. The van der Waals surface area contributed by atoms with Crippen molar-refractivity contribution in [2.75, 3.05) is 60.5 Å². The van der Waals surface area contributed by atoms with Crippen LogP contribution in [-0.4, -0.2) is 88.2 Å². The van der Waals surface area contributed by atoms with E-state index in [0.717, 1.165) is 62.8 Å². The number of aliphatic imine (C=N–C) groups is 1. The minimum absolute atomic E-state index is 0. The lowest BCUT2D eigenvalue weighted by Gasteiger charge is -2.23. The molecule has 1 heterocycles. The molecule has 8 heteroatoms. The molecule has 0 aromatic heterocycles. The summed E-state index contributed by atoms with van der Waals surface area (Å²) in [6, 6.07) is 8.33. The molecule has 1 amide bonds. The van der Waals surface area contributed by atoms with Crippen LogP contribution in [-0.2, 0) is 11.2 Å². The van der Waals surface area contributed by atoms with E-state index in [2.05, 4.69) is 28.5 Å². The number of carbonyl (C=O) groups excluding carboxylic acids is 1. The fourth-order valence-corrected chi connectivity index (χ4v) is 3.59. The standard InChI is InChI=1S/C22H37N5O2.HI/c1-5-23-22(25-17-20-10-7-13-27(20)14-15-29-4)24-12-11-18-8-6-9-19(16-18)21(28)26(2)3;/h6,8-9,16,20H,5,7,10-15,17H2,1-4H3,(H2,23,24,25);1H. The fraction of sp³-hybridized carbons (Fsp3) is 0.636. The van der Waals surface area contributed by atoms with E-state index in [1.54, 1.807) is 26.1 Å². The number of rotatable bonds is 10. The number of carbonyl (C=O) groups is 1. The van der Waals surface area contributed by atoms with E-state index in [4.69, 9.17) is 9.73 Å². The van der Waals surface area contributed by atoms with Crippen molar-refractivity contribution >= 4 is 35.8 Å². The molecular formula is C22H38IN5O2. The topological polar surface area (TPSA) is 69.2 Å². The molecule has 2 rings (SSSR count). The molecule has 2 N–H and O–H groups in total. The number of nitrogens with zero attached hydrogens (tertiary/aromatic N) is 3. The monoisotopic (exact) mass is 531 g/mol. The molecule has 1 saturated heterocycles. The van der Waals surface area contributed by atoms with Crippen LogP contribution in [0, 0.1) is 0 Å². The first-order valence-electron chi connectivity index (χ1n) is 10.6. The van der Waals surface area contributed by atoms with Crippen LogP contribution >= 0.6 is 24.0 Å². The normalized spacial score (nSPS) is 16.8. The first kappa shape index (κ1) is 26.6. The van der Waals surface area contributed by atoms with Gasteiger partial charge >= 0.3 is 0 Å². The van der Waals surface area contributed by atoms with Gasteiger partial charge in [0.05, 0.1) is 13.2 Å². The third-order valence-corrected chi connectivity index (χ3v) is 5.17. The molecule has 1 unspecified atom stereocenters. The number of hydrogen-bond donors (Lipinski definition) is 2. The molecule has 30 heavy (non-hydrogen) atoms. The Hall–Kier alpha value is -1.39. The van der Waals surface area contributed by atoms with Crippen molar-refractivity contribution in [1.82, 2.24) is 20.4 Å². The third-order valence-electron chi connectivity index (χ3n) is 5.17. The number of halogens is 1. The van der Waals surface area contributed by atoms with Gasteiger partial charge in [0.2, 0.25) is 0 Å². The maximum atomic E-state index is 12.1. The van der Waals surface area contributed by atoms with Gasteiger partial charge in [0, 0.05) is 52.4 Å². The zero-order chi connectivity index (χ0) is 21.1. The Balaban J connectivity index is 0.00000450. The quantitative estimate of drug-likeness (QED) is 0.276. The number of methoxy groups -OCH3 is 1. The summed E-state index contributed by atoms with van der Waals surface area (Å²) in [7, 11) is 5.30. The van der Waals surface area contributed by atoms with Gasteiger partial charge in [-0.2, -0.15) is 0 Å². The van der Waals surface area contributed by atoms with Gasteiger partial charge in [-0.15, -0.1) is 24.0 Å². The molecular weight excluding hydrogens is 493 g/mol. The molecule has 7 nitrogen and oxygen atoms in total. The Kier molecular flexibility index (Phi) is 13.0. The number of ether oxygens (including phenoxy) is 1. The number of benzene rings is 1. The predicted molar refractivity (Wildman–Crippen MR) is 134 cm³/mol. The summed E-state index contributed by atoms with van der Waals surface area (Å²) in [6.45, 7) is 7.35. The summed E-state index contributed by atoms with van der Waals surface area (Å²) in [4.78, 5) is 21.0. The Morgan fingerprint density at radius 2 is 2.13 bits per heavy atom. The summed E-state index contributed by atoms with van der Waals surface area (Å²) in [5.74, 6) is 0.885. The SMILES string of the molecule is CCNC(=NCC1CCCN1CCOC)NCCc1cccc(C(=O)N(C)C)c1.I. The van der Waals surface area contributed by atoms with E-state index in [1.165, 1.54) is 12.8 Å². The van der Waals surface area contributed by atoms with Crippen molar-refractivity contribution in [3.05, 3.63) is 35.4 Å². The van der Waals surface area contributed by atoms with Crippen LogP contribution in [0.2, 0.25) is 0 Å². The lowest BCUT2D eigenvalue weighted by Crippen LogP contribution is -2.40. The highest BCUT2D eigenvalue weighted by Gasteiger charge is 2.23. The first-order chi connectivity index (χ1) is 14.0. The van der Waals surface area contributed by atoms with Gasteiger partial charge in [-0.05, 0) is 50.4 Å². The number of amides is 1. The number of nitrogens with one attached hydrogen (secondary N) is 2. The smallest absolute Gasteiger partial charge is 0.253 e. The second-order valence-corrected chi connectivity index (χ2v) is 7.62. The van der Waals surface area contributed by atoms with E-state index in [0.29, 0.717) is 6.04 Å². The largest absolute Gasteiger partial charge is 0.383 e. The van der Waals surface area contributed by atoms with Crippen molar-refractivity contribution in [2.24, 2.45) is 4.99 Å². The number of hydrogen-bond acceptors (Lipinski definition) is 4. The highest BCUT2D eigenvalue weighted by Crippen LogP contribution is 2.16. The Labute approximate surface area is 198 Å². The summed E-state index contributed by atoms with van der Waals surface area (Å²) < 4.78 is 5.22. The van der Waals surface area contributed by atoms with Crippen molar-refractivity contribution in [3.8, 4) is 0 Å². The zero-order valence-corrected chi connectivity index (χ0v) is 21.1. The van der Waals surface area contributed by atoms with E-state index >= 15 is 0 Å².